The topological polar surface area (TPSA) is 48.8 Å². The average Bonchev–Trinajstić information content (AvgIpc) is 3.45. The maximum Gasteiger partial charge on any atom is 0.260 e. The Hall–Kier alpha value is -4.25. The second-order valence-corrected chi connectivity index (χ2v) is 8.89. The van der Waals surface area contributed by atoms with Crippen LogP contribution in [0.3, 0.4) is 0 Å². The molecule has 5 heteroatoms. The maximum atomic E-state index is 5.74. The lowest BCUT2D eigenvalue weighted by atomic mass is 10.1. The van der Waals surface area contributed by atoms with Gasteiger partial charge in [-0.3, -0.25) is 0 Å². The number of nitrogens with zero attached hydrogens (tertiary/aromatic N) is 4. The molecule has 0 saturated carbocycles. The molecular formula is C29H25N4O-. The minimum absolute atomic E-state index is 0.537. The van der Waals surface area contributed by atoms with E-state index in [9.17, 15) is 0 Å². The van der Waals surface area contributed by atoms with Gasteiger partial charge < -0.3 is 13.7 Å². The molecule has 0 saturated heterocycles. The van der Waals surface area contributed by atoms with Gasteiger partial charge >= 0.3 is 0 Å². The molecule has 0 fully saturated rings. The third kappa shape index (κ3) is 3.75. The molecule has 0 aliphatic carbocycles. The fourth-order valence-corrected chi connectivity index (χ4v) is 4.38. The predicted octanol–water partition coefficient (Wildman–Crippen LogP) is 6.59. The molecule has 34 heavy (non-hydrogen) atoms. The van der Waals surface area contributed by atoms with Crippen molar-refractivity contribution in [1.82, 2.24) is 19.3 Å². The van der Waals surface area contributed by atoms with E-state index in [4.69, 9.17) is 9.51 Å². The minimum atomic E-state index is 0.537. The molecule has 3 aromatic heterocycles. The zero-order valence-corrected chi connectivity index (χ0v) is 19.3. The number of aryl methyl sites for hydroxylation is 2. The Kier molecular flexibility index (Phi) is 4.95. The maximum absolute atomic E-state index is 5.74. The van der Waals surface area contributed by atoms with Gasteiger partial charge in [0, 0.05) is 35.8 Å². The smallest absolute Gasteiger partial charge is 0.260 e. The van der Waals surface area contributed by atoms with Crippen molar-refractivity contribution in [2.24, 2.45) is 0 Å². The Morgan fingerprint density at radius 3 is 2.44 bits per heavy atom. The first-order valence-electron chi connectivity index (χ1n) is 11.5. The summed E-state index contributed by atoms with van der Waals surface area (Å²) in [6.07, 6.45) is 6.25. The Balaban J connectivity index is 1.31. The highest BCUT2D eigenvalue weighted by Crippen LogP contribution is 2.31. The average molecular weight is 446 g/mol. The van der Waals surface area contributed by atoms with Crippen LogP contribution in [0.1, 0.15) is 22.3 Å². The van der Waals surface area contributed by atoms with E-state index >= 15 is 0 Å². The first kappa shape index (κ1) is 20.4. The summed E-state index contributed by atoms with van der Waals surface area (Å²) in [5.41, 5.74) is 8.17. The third-order valence-electron chi connectivity index (χ3n) is 6.50. The van der Waals surface area contributed by atoms with Crippen LogP contribution in [0.2, 0.25) is 0 Å². The molecule has 0 spiro atoms. The van der Waals surface area contributed by atoms with Gasteiger partial charge in [0.2, 0.25) is 5.82 Å². The summed E-state index contributed by atoms with van der Waals surface area (Å²) in [6, 6.07) is 25.4. The Morgan fingerprint density at radius 1 is 0.882 bits per heavy atom. The van der Waals surface area contributed by atoms with Crippen molar-refractivity contribution in [2.75, 3.05) is 0 Å². The first-order valence-corrected chi connectivity index (χ1v) is 11.5. The third-order valence-corrected chi connectivity index (χ3v) is 6.50. The molecule has 0 bridgehead atoms. The van der Waals surface area contributed by atoms with Crippen LogP contribution in [0.5, 0.6) is 0 Å². The second kappa shape index (κ2) is 8.27. The predicted molar refractivity (Wildman–Crippen MR) is 135 cm³/mol. The molecule has 168 valence electrons. The van der Waals surface area contributed by atoms with Gasteiger partial charge in [0.05, 0.1) is 5.56 Å². The van der Waals surface area contributed by atoms with Gasteiger partial charge in [-0.1, -0.05) is 65.8 Å². The number of hydrogen-bond acceptors (Lipinski definition) is 3. The molecule has 6 rings (SSSR count). The molecule has 0 aliphatic rings. The molecule has 3 aromatic carbocycles. The number of hydrogen-bond donors (Lipinski definition) is 0. The van der Waals surface area contributed by atoms with E-state index in [0.29, 0.717) is 11.7 Å². The summed E-state index contributed by atoms with van der Waals surface area (Å²) in [6.45, 7) is 5.96. The lowest BCUT2D eigenvalue weighted by Crippen LogP contribution is -2.01. The summed E-state index contributed by atoms with van der Waals surface area (Å²) in [5.74, 6) is 1.14. The van der Waals surface area contributed by atoms with E-state index in [1.165, 1.54) is 22.3 Å². The molecule has 0 amide bonds. The van der Waals surface area contributed by atoms with Crippen LogP contribution in [0.25, 0.3) is 33.7 Å². The van der Waals surface area contributed by atoms with Crippen molar-refractivity contribution in [3.8, 4) is 22.8 Å². The van der Waals surface area contributed by atoms with Gasteiger partial charge in [0.1, 0.15) is 0 Å². The number of benzene rings is 3. The summed E-state index contributed by atoms with van der Waals surface area (Å²) >= 11 is 0. The molecule has 0 atom stereocenters. The summed E-state index contributed by atoms with van der Waals surface area (Å²) in [7, 11) is 0. The Labute approximate surface area is 198 Å². The monoisotopic (exact) mass is 445 g/mol. The van der Waals surface area contributed by atoms with Crippen LogP contribution in [0.15, 0.2) is 95.9 Å². The Bertz CT molecular complexity index is 1570. The van der Waals surface area contributed by atoms with E-state index in [1.54, 1.807) is 0 Å². The lowest BCUT2D eigenvalue weighted by Gasteiger charge is -2.15. The van der Waals surface area contributed by atoms with Crippen molar-refractivity contribution in [3.05, 3.63) is 114 Å². The van der Waals surface area contributed by atoms with Crippen molar-refractivity contribution >= 4 is 10.9 Å². The molecule has 0 radical (unpaired) electrons. The van der Waals surface area contributed by atoms with E-state index in [1.807, 2.05) is 12.1 Å². The van der Waals surface area contributed by atoms with Gasteiger partial charge in [-0.2, -0.15) is 4.98 Å². The molecule has 6 aromatic rings. The quantitative estimate of drug-likeness (QED) is 0.272. The number of aromatic nitrogens is 4. The molecule has 0 unspecified atom stereocenters. The van der Waals surface area contributed by atoms with E-state index < -0.39 is 0 Å². The highest BCUT2D eigenvalue weighted by atomic mass is 16.5. The van der Waals surface area contributed by atoms with Gasteiger partial charge in [-0.25, -0.2) is 0 Å². The summed E-state index contributed by atoms with van der Waals surface area (Å²) in [5, 5.41) is 5.39. The number of rotatable bonds is 6. The Morgan fingerprint density at radius 2 is 1.68 bits per heavy atom. The lowest BCUT2D eigenvalue weighted by molar-refractivity contribution is 0.432. The number of fused-ring (bicyclic) bond motifs is 1. The van der Waals surface area contributed by atoms with E-state index in [2.05, 4.69) is 107 Å². The molecule has 0 N–H and O–H groups in total. The number of para-hydroxylation sites is 1. The highest BCUT2D eigenvalue weighted by Gasteiger charge is 2.17. The first-order chi connectivity index (χ1) is 16.6. The normalized spacial score (nSPS) is 11.5. The van der Waals surface area contributed by atoms with Gasteiger partial charge in [-0.15, -0.1) is 18.5 Å². The molecular weight excluding hydrogens is 420 g/mol. The molecule has 0 aliphatic heterocycles. The second-order valence-electron chi connectivity index (χ2n) is 8.89. The van der Waals surface area contributed by atoms with Gasteiger partial charge in [-0.05, 0) is 42.2 Å². The standard InChI is InChI=1S/C29H25N4O/c1-20-8-9-23(16-21(20)2)18-33-19-26(25-6-3-4-7-27(25)33)29-30-28(31-34-29)24-12-10-22(11-13-24)17-32-14-5-15-32/h3-16,19H,17-18H2,1-2H3/q-1. The van der Waals surface area contributed by atoms with Crippen molar-refractivity contribution in [1.29, 1.82) is 0 Å². The van der Waals surface area contributed by atoms with Crippen LogP contribution in [0, 0.1) is 13.8 Å². The largest absolute Gasteiger partial charge is 0.455 e. The fourth-order valence-electron chi connectivity index (χ4n) is 4.38. The van der Waals surface area contributed by atoms with Crippen LogP contribution in [-0.4, -0.2) is 19.3 Å². The van der Waals surface area contributed by atoms with E-state index in [0.717, 1.165) is 35.1 Å². The van der Waals surface area contributed by atoms with Crippen molar-refractivity contribution < 1.29 is 4.52 Å². The van der Waals surface area contributed by atoms with Crippen molar-refractivity contribution in [2.45, 2.75) is 26.9 Å². The molecule has 3 heterocycles. The van der Waals surface area contributed by atoms with Crippen molar-refractivity contribution in [3.63, 3.8) is 0 Å². The van der Waals surface area contributed by atoms with Gasteiger partial charge in [0.15, 0.2) is 0 Å². The zero-order chi connectivity index (χ0) is 23.1. The fraction of sp³-hybridized carbons (Fsp3) is 0.138. The van der Waals surface area contributed by atoms with Crippen LogP contribution >= 0.6 is 0 Å². The zero-order valence-electron chi connectivity index (χ0n) is 19.3. The SMILES string of the molecule is Cc1ccc(Cn2cc(-c3nc(-c4ccc(Cn5cc[cH-]5)cc4)no3)c3ccccc32)cc1C. The van der Waals surface area contributed by atoms with E-state index in [-0.39, 0.29) is 0 Å². The highest BCUT2D eigenvalue weighted by molar-refractivity contribution is 5.94. The summed E-state index contributed by atoms with van der Waals surface area (Å²) in [4.78, 5) is 4.75. The molecule has 5 nitrogen and oxygen atoms in total. The van der Waals surface area contributed by atoms with Crippen LogP contribution in [-0.2, 0) is 13.1 Å². The summed E-state index contributed by atoms with van der Waals surface area (Å²) < 4.78 is 10.1. The van der Waals surface area contributed by atoms with Crippen LogP contribution < -0.4 is 0 Å². The van der Waals surface area contributed by atoms with Crippen LogP contribution in [0.4, 0.5) is 0 Å². The minimum Gasteiger partial charge on any atom is -0.455 e. The van der Waals surface area contributed by atoms with Gasteiger partial charge in [0.25, 0.3) is 5.89 Å².